The van der Waals surface area contributed by atoms with E-state index in [2.05, 4.69) is 20.7 Å². The lowest BCUT2D eigenvalue weighted by atomic mass is 9.83. The monoisotopic (exact) mass is 402 g/mol. The SMILES string of the molecule is Cc1cc(S(=O)(=O)NCC2(N)CCCCC2)sc1Br.Cl. The Labute approximate surface area is 139 Å². The molecule has 1 fully saturated rings. The van der Waals surface area contributed by atoms with Gasteiger partial charge >= 0.3 is 0 Å². The minimum Gasteiger partial charge on any atom is -0.324 e. The highest BCUT2D eigenvalue weighted by atomic mass is 79.9. The smallest absolute Gasteiger partial charge is 0.250 e. The fourth-order valence-electron chi connectivity index (χ4n) is 2.31. The van der Waals surface area contributed by atoms with Gasteiger partial charge in [-0.25, -0.2) is 13.1 Å². The van der Waals surface area contributed by atoms with Crippen molar-refractivity contribution in [2.45, 2.75) is 48.8 Å². The maximum atomic E-state index is 12.2. The first kappa shape index (κ1) is 18.4. The van der Waals surface area contributed by atoms with Gasteiger partial charge in [0.25, 0.3) is 0 Å². The highest BCUT2D eigenvalue weighted by Crippen LogP contribution is 2.31. The molecule has 1 aromatic heterocycles. The summed E-state index contributed by atoms with van der Waals surface area (Å²) in [5.41, 5.74) is 6.80. The average Bonchev–Trinajstić information content (AvgIpc) is 2.69. The molecule has 0 radical (unpaired) electrons. The third-order valence-corrected chi connectivity index (χ3v) is 7.57. The van der Waals surface area contributed by atoms with E-state index in [1.807, 2.05) is 6.92 Å². The van der Waals surface area contributed by atoms with Gasteiger partial charge in [-0.1, -0.05) is 19.3 Å². The molecule has 0 saturated heterocycles. The second-order valence-corrected chi connectivity index (χ2v) is 9.63. The average molecular weight is 404 g/mol. The lowest BCUT2D eigenvalue weighted by Gasteiger charge is -2.33. The van der Waals surface area contributed by atoms with Crippen molar-refractivity contribution in [3.8, 4) is 0 Å². The summed E-state index contributed by atoms with van der Waals surface area (Å²) in [4.78, 5) is 0. The third kappa shape index (κ3) is 4.42. The highest BCUT2D eigenvalue weighted by Gasteiger charge is 2.29. The molecule has 0 bridgehead atoms. The Kier molecular flexibility index (Phi) is 6.50. The molecule has 1 aromatic rings. The van der Waals surface area contributed by atoms with Crippen molar-refractivity contribution in [1.82, 2.24) is 4.72 Å². The molecular formula is C12H20BrClN2O2S2. The topological polar surface area (TPSA) is 72.2 Å². The summed E-state index contributed by atoms with van der Waals surface area (Å²) < 4.78 is 28.3. The van der Waals surface area contributed by atoms with Gasteiger partial charge < -0.3 is 5.73 Å². The predicted molar refractivity (Wildman–Crippen MR) is 89.2 cm³/mol. The summed E-state index contributed by atoms with van der Waals surface area (Å²) in [6.45, 7) is 2.20. The van der Waals surface area contributed by atoms with E-state index in [0.29, 0.717) is 10.8 Å². The van der Waals surface area contributed by atoms with Crippen molar-refractivity contribution >= 4 is 49.7 Å². The van der Waals surface area contributed by atoms with E-state index in [1.54, 1.807) is 6.07 Å². The molecule has 116 valence electrons. The van der Waals surface area contributed by atoms with Gasteiger partial charge in [-0.15, -0.1) is 23.7 Å². The van der Waals surface area contributed by atoms with Crippen LogP contribution < -0.4 is 10.5 Å². The largest absolute Gasteiger partial charge is 0.324 e. The summed E-state index contributed by atoms with van der Waals surface area (Å²) in [5, 5.41) is 0. The Morgan fingerprint density at radius 1 is 1.40 bits per heavy atom. The number of nitrogens with one attached hydrogen (secondary N) is 1. The van der Waals surface area contributed by atoms with Crippen molar-refractivity contribution in [1.29, 1.82) is 0 Å². The van der Waals surface area contributed by atoms with E-state index in [4.69, 9.17) is 5.73 Å². The number of nitrogens with two attached hydrogens (primary N) is 1. The van der Waals surface area contributed by atoms with E-state index < -0.39 is 10.0 Å². The van der Waals surface area contributed by atoms with Crippen LogP contribution in [0, 0.1) is 6.92 Å². The van der Waals surface area contributed by atoms with Crippen LogP contribution >= 0.6 is 39.7 Å². The van der Waals surface area contributed by atoms with Crippen LogP contribution in [0.25, 0.3) is 0 Å². The standard InChI is InChI=1S/C12H19BrN2O2S2.ClH/c1-9-7-10(18-11(9)13)19(16,17)15-8-12(14)5-3-2-4-6-12;/h7,15H,2-6,8,14H2,1H3;1H. The number of sulfonamides is 1. The molecule has 1 aliphatic carbocycles. The van der Waals surface area contributed by atoms with Crippen molar-refractivity contribution < 1.29 is 8.42 Å². The van der Waals surface area contributed by atoms with E-state index in [0.717, 1.165) is 35.0 Å². The van der Waals surface area contributed by atoms with Crippen LogP contribution in [0.5, 0.6) is 0 Å². The molecule has 1 aliphatic rings. The van der Waals surface area contributed by atoms with E-state index >= 15 is 0 Å². The number of thiophene rings is 1. The molecule has 3 N–H and O–H groups in total. The van der Waals surface area contributed by atoms with Crippen LogP contribution in [0.3, 0.4) is 0 Å². The molecule has 0 unspecified atom stereocenters. The number of halogens is 2. The van der Waals surface area contributed by atoms with Gasteiger partial charge in [0.15, 0.2) is 0 Å². The molecule has 0 aromatic carbocycles. The summed E-state index contributed by atoms with van der Waals surface area (Å²) in [7, 11) is -3.44. The zero-order valence-corrected chi connectivity index (χ0v) is 15.4. The molecule has 4 nitrogen and oxygen atoms in total. The van der Waals surface area contributed by atoms with Gasteiger partial charge in [-0.05, 0) is 47.3 Å². The normalized spacial score (nSPS) is 18.6. The molecule has 1 heterocycles. The minimum absolute atomic E-state index is 0. The second-order valence-electron chi connectivity index (χ2n) is 5.27. The molecule has 8 heteroatoms. The summed E-state index contributed by atoms with van der Waals surface area (Å²) in [6.07, 6.45) is 5.15. The zero-order chi connectivity index (χ0) is 14.1. The van der Waals surface area contributed by atoms with Crippen LogP contribution in [0.15, 0.2) is 14.1 Å². The fourth-order valence-corrected chi connectivity index (χ4v) is 5.72. The first-order valence-corrected chi connectivity index (χ1v) is 9.46. The van der Waals surface area contributed by atoms with Crippen molar-refractivity contribution in [2.24, 2.45) is 5.73 Å². The number of hydrogen-bond donors (Lipinski definition) is 2. The highest BCUT2D eigenvalue weighted by molar-refractivity contribution is 9.11. The summed E-state index contributed by atoms with van der Waals surface area (Å²) >= 11 is 4.58. The maximum Gasteiger partial charge on any atom is 0.250 e. The quantitative estimate of drug-likeness (QED) is 0.811. The number of aryl methyl sites for hydroxylation is 1. The molecule has 20 heavy (non-hydrogen) atoms. The first-order chi connectivity index (χ1) is 8.82. The Hall–Kier alpha value is 0.340. The van der Waals surface area contributed by atoms with E-state index in [1.165, 1.54) is 17.8 Å². The van der Waals surface area contributed by atoms with Crippen molar-refractivity contribution in [3.05, 3.63) is 15.4 Å². The van der Waals surface area contributed by atoms with Gasteiger partial charge in [0.1, 0.15) is 4.21 Å². The number of hydrogen-bond acceptors (Lipinski definition) is 4. The lowest BCUT2D eigenvalue weighted by molar-refractivity contribution is 0.296. The van der Waals surface area contributed by atoms with Crippen LogP contribution in [0.4, 0.5) is 0 Å². The minimum atomic E-state index is -3.44. The molecule has 0 spiro atoms. The molecule has 1 saturated carbocycles. The molecule has 0 atom stereocenters. The molecule has 0 aliphatic heterocycles. The molecule has 2 rings (SSSR count). The van der Waals surface area contributed by atoms with Gasteiger partial charge in [0.2, 0.25) is 10.0 Å². The van der Waals surface area contributed by atoms with Crippen molar-refractivity contribution in [2.75, 3.05) is 6.54 Å². The summed E-state index contributed by atoms with van der Waals surface area (Å²) in [6, 6.07) is 1.68. The van der Waals surface area contributed by atoms with Gasteiger partial charge in [-0.3, -0.25) is 0 Å². The van der Waals surface area contributed by atoms with Gasteiger partial charge in [-0.2, -0.15) is 0 Å². The molecular weight excluding hydrogens is 384 g/mol. The van der Waals surface area contributed by atoms with E-state index in [9.17, 15) is 8.42 Å². The zero-order valence-electron chi connectivity index (χ0n) is 11.3. The predicted octanol–water partition coefficient (Wildman–Crippen LogP) is 3.18. The van der Waals surface area contributed by atoms with Gasteiger partial charge in [0, 0.05) is 12.1 Å². The lowest BCUT2D eigenvalue weighted by Crippen LogP contribution is -2.51. The van der Waals surface area contributed by atoms with Crippen LogP contribution in [0.1, 0.15) is 37.7 Å². The summed E-state index contributed by atoms with van der Waals surface area (Å²) in [5.74, 6) is 0. The second kappa shape index (κ2) is 7.07. The van der Waals surface area contributed by atoms with Gasteiger partial charge in [0.05, 0.1) is 3.79 Å². The Morgan fingerprint density at radius 2 is 2.00 bits per heavy atom. The van der Waals surface area contributed by atoms with E-state index in [-0.39, 0.29) is 17.9 Å². The third-order valence-electron chi connectivity index (χ3n) is 3.56. The Morgan fingerprint density at radius 3 is 2.50 bits per heavy atom. The Bertz CT molecular complexity index is 534. The first-order valence-electron chi connectivity index (χ1n) is 6.37. The Balaban J connectivity index is 0.00000200. The van der Waals surface area contributed by atoms with Crippen LogP contribution in [-0.2, 0) is 10.0 Å². The van der Waals surface area contributed by atoms with Crippen molar-refractivity contribution in [3.63, 3.8) is 0 Å². The van der Waals surface area contributed by atoms with Crippen LogP contribution in [-0.4, -0.2) is 20.5 Å². The maximum absolute atomic E-state index is 12.2. The molecule has 0 amide bonds. The number of rotatable bonds is 4. The fraction of sp³-hybridized carbons (Fsp3) is 0.667. The van der Waals surface area contributed by atoms with Crippen LogP contribution in [0.2, 0.25) is 0 Å².